The van der Waals surface area contributed by atoms with Crippen LogP contribution in [0.3, 0.4) is 0 Å². The lowest BCUT2D eigenvalue weighted by Gasteiger charge is -2.29. The Hall–Kier alpha value is -0.610. The van der Waals surface area contributed by atoms with E-state index in [9.17, 15) is 4.79 Å². The molecule has 1 saturated heterocycles. The Morgan fingerprint density at radius 1 is 1.50 bits per heavy atom. The minimum Gasteiger partial charge on any atom is -0.481 e. The molecule has 1 aliphatic rings. The molecule has 70 valence electrons. The lowest BCUT2D eigenvalue weighted by molar-refractivity contribution is -0.200. The van der Waals surface area contributed by atoms with Gasteiger partial charge in [-0.3, -0.25) is 4.79 Å². The zero-order valence-corrected chi connectivity index (χ0v) is 7.37. The van der Waals surface area contributed by atoms with Gasteiger partial charge in [-0.15, -0.1) is 0 Å². The summed E-state index contributed by atoms with van der Waals surface area (Å²) in [6.45, 7) is 4.78. The maximum absolute atomic E-state index is 10.5. The first-order valence-corrected chi connectivity index (χ1v) is 4.06. The molecule has 1 rings (SSSR count). The van der Waals surface area contributed by atoms with Gasteiger partial charge >= 0.3 is 5.97 Å². The zero-order chi connectivity index (χ0) is 9.19. The van der Waals surface area contributed by atoms with E-state index in [0.29, 0.717) is 13.2 Å². The van der Waals surface area contributed by atoms with E-state index in [1.807, 2.05) is 13.8 Å². The average Bonchev–Trinajstić information content (AvgIpc) is 2.35. The number of carboxylic acids is 1. The van der Waals surface area contributed by atoms with E-state index in [1.165, 1.54) is 0 Å². The molecule has 0 aromatic carbocycles. The van der Waals surface area contributed by atoms with Gasteiger partial charge in [0.15, 0.2) is 5.79 Å². The molecule has 0 saturated carbocycles. The van der Waals surface area contributed by atoms with Crippen LogP contribution < -0.4 is 0 Å². The van der Waals surface area contributed by atoms with Crippen molar-refractivity contribution in [3.05, 3.63) is 0 Å². The number of hydrogen-bond donors (Lipinski definition) is 1. The Kier molecular flexibility index (Phi) is 2.69. The van der Waals surface area contributed by atoms with Crippen LogP contribution in [0.1, 0.15) is 20.3 Å². The predicted octanol–water partition coefficient (Wildman–Crippen LogP) is 0.860. The van der Waals surface area contributed by atoms with Crippen LogP contribution in [-0.2, 0) is 14.3 Å². The second-order valence-electron chi connectivity index (χ2n) is 3.23. The molecule has 1 heterocycles. The summed E-state index contributed by atoms with van der Waals surface area (Å²) in [5.41, 5.74) is 0. The van der Waals surface area contributed by atoms with E-state index in [1.54, 1.807) is 0 Å². The summed E-state index contributed by atoms with van der Waals surface area (Å²) in [4.78, 5) is 10.5. The van der Waals surface area contributed by atoms with E-state index >= 15 is 0 Å². The van der Waals surface area contributed by atoms with Crippen LogP contribution in [0.2, 0.25) is 0 Å². The van der Waals surface area contributed by atoms with Gasteiger partial charge in [-0.25, -0.2) is 0 Å². The third-order valence-corrected chi connectivity index (χ3v) is 2.05. The summed E-state index contributed by atoms with van der Waals surface area (Å²) in [6.07, 6.45) is -0.0787. The normalized spacial score (nSPS) is 21.6. The maximum Gasteiger partial charge on any atom is 0.308 e. The van der Waals surface area contributed by atoms with Crippen LogP contribution in [0.15, 0.2) is 0 Å². The lowest BCUT2D eigenvalue weighted by atomic mass is 10.00. The van der Waals surface area contributed by atoms with Crippen molar-refractivity contribution in [2.75, 3.05) is 13.2 Å². The van der Waals surface area contributed by atoms with Gasteiger partial charge in [-0.05, 0) is 0 Å². The molecule has 0 aromatic rings. The Morgan fingerprint density at radius 3 is 2.33 bits per heavy atom. The van der Waals surface area contributed by atoms with Gasteiger partial charge in [0, 0.05) is 5.92 Å². The summed E-state index contributed by atoms with van der Waals surface area (Å²) in [5, 5.41) is 8.63. The summed E-state index contributed by atoms with van der Waals surface area (Å²) in [7, 11) is 0. The highest BCUT2D eigenvalue weighted by molar-refractivity contribution is 5.67. The Labute approximate surface area is 71.5 Å². The van der Waals surface area contributed by atoms with Crippen molar-refractivity contribution in [1.29, 1.82) is 0 Å². The smallest absolute Gasteiger partial charge is 0.308 e. The average molecular weight is 174 g/mol. The fraction of sp³-hybridized carbons (Fsp3) is 0.875. The summed E-state index contributed by atoms with van der Waals surface area (Å²) < 4.78 is 10.6. The molecule has 4 heteroatoms. The highest BCUT2D eigenvalue weighted by Gasteiger charge is 2.41. The van der Waals surface area contributed by atoms with Gasteiger partial charge in [-0.1, -0.05) is 13.8 Å². The predicted molar refractivity (Wildman–Crippen MR) is 41.7 cm³/mol. The van der Waals surface area contributed by atoms with Gasteiger partial charge in [0.1, 0.15) is 0 Å². The highest BCUT2D eigenvalue weighted by Crippen LogP contribution is 2.31. The van der Waals surface area contributed by atoms with Gasteiger partial charge in [0.2, 0.25) is 0 Å². The molecular formula is C8H14O4. The quantitative estimate of drug-likeness (QED) is 0.689. The van der Waals surface area contributed by atoms with Crippen LogP contribution in [0.5, 0.6) is 0 Å². The SMILES string of the molecule is CC(C)C1(CC(=O)O)OCCO1. The van der Waals surface area contributed by atoms with Gasteiger partial charge < -0.3 is 14.6 Å². The molecule has 0 aromatic heterocycles. The molecule has 0 bridgehead atoms. The minimum absolute atomic E-state index is 0.0658. The molecule has 1 fully saturated rings. The van der Waals surface area contributed by atoms with Crippen molar-refractivity contribution >= 4 is 5.97 Å². The second kappa shape index (κ2) is 3.41. The Bertz CT molecular complexity index is 170. The molecule has 0 radical (unpaired) electrons. The van der Waals surface area contributed by atoms with E-state index in [2.05, 4.69) is 0 Å². The topological polar surface area (TPSA) is 55.8 Å². The van der Waals surface area contributed by atoms with Gasteiger partial charge in [-0.2, -0.15) is 0 Å². The van der Waals surface area contributed by atoms with Crippen molar-refractivity contribution in [2.24, 2.45) is 5.92 Å². The second-order valence-corrected chi connectivity index (χ2v) is 3.23. The van der Waals surface area contributed by atoms with Crippen molar-refractivity contribution in [3.63, 3.8) is 0 Å². The number of carboxylic acid groups (broad SMARTS) is 1. The third-order valence-electron chi connectivity index (χ3n) is 2.05. The van der Waals surface area contributed by atoms with Crippen LogP contribution in [0.4, 0.5) is 0 Å². The summed E-state index contributed by atoms with van der Waals surface area (Å²) in [5.74, 6) is -1.70. The largest absolute Gasteiger partial charge is 0.481 e. The molecule has 0 atom stereocenters. The van der Waals surface area contributed by atoms with Crippen LogP contribution in [0.25, 0.3) is 0 Å². The Balaban J connectivity index is 2.65. The standard InChI is InChI=1S/C8H14O4/c1-6(2)8(5-7(9)10)11-3-4-12-8/h6H,3-5H2,1-2H3,(H,9,10). The number of ether oxygens (including phenoxy) is 2. The summed E-state index contributed by atoms with van der Waals surface area (Å²) >= 11 is 0. The molecule has 0 amide bonds. The number of hydrogen-bond acceptors (Lipinski definition) is 3. The van der Waals surface area contributed by atoms with Crippen LogP contribution in [-0.4, -0.2) is 30.1 Å². The van der Waals surface area contributed by atoms with E-state index in [4.69, 9.17) is 14.6 Å². The van der Waals surface area contributed by atoms with Gasteiger partial charge in [0.25, 0.3) is 0 Å². The fourth-order valence-corrected chi connectivity index (χ4v) is 1.32. The molecule has 0 aliphatic carbocycles. The Morgan fingerprint density at radius 2 is 2.00 bits per heavy atom. The molecule has 0 spiro atoms. The highest BCUT2D eigenvalue weighted by atomic mass is 16.7. The third kappa shape index (κ3) is 1.76. The van der Waals surface area contributed by atoms with Crippen molar-refractivity contribution in [3.8, 4) is 0 Å². The zero-order valence-electron chi connectivity index (χ0n) is 7.37. The molecule has 0 unspecified atom stereocenters. The fourth-order valence-electron chi connectivity index (χ4n) is 1.32. The molecule has 1 N–H and O–H groups in total. The molecule has 12 heavy (non-hydrogen) atoms. The van der Waals surface area contributed by atoms with Crippen LogP contribution >= 0.6 is 0 Å². The molecule has 4 nitrogen and oxygen atoms in total. The number of aliphatic carboxylic acids is 1. The van der Waals surface area contributed by atoms with Crippen molar-refractivity contribution in [1.82, 2.24) is 0 Å². The molecule has 1 aliphatic heterocycles. The first-order valence-electron chi connectivity index (χ1n) is 4.06. The minimum atomic E-state index is -0.884. The van der Waals surface area contributed by atoms with Crippen molar-refractivity contribution in [2.45, 2.75) is 26.1 Å². The first kappa shape index (κ1) is 9.48. The van der Waals surface area contributed by atoms with E-state index in [-0.39, 0.29) is 12.3 Å². The molecular weight excluding hydrogens is 160 g/mol. The monoisotopic (exact) mass is 174 g/mol. The van der Waals surface area contributed by atoms with Crippen molar-refractivity contribution < 1.29 is 19.4 Å². The van der Waals surface area contributed by atoms with E-state index in [0.717, 1.165) is 0 Å². The van der Waals surface area contributed by atoms with E-state index < -0.39 is 11.8 Å². The van der Waals surface area contributed by atoms with Crippen LogP contribution in [0, 0.1) is 5.92 Å². The van der Waals surface area contributed by atoms with Gasteiger partial charge in [0.05, 0.1) is 19.6 Å². The summed E-state index contributed by atoms with van der Waals surface area (Å²) in [6, 6.07) is 0. The number of rotatable bonds is 3. The first-order chi connectivity index (χ1) is 5.57. The number of carbonyl (C=O) groups is 1. The maximum atomic E-state index is 10.5. The lowest BCUT2D eigenvalue weighted by Crippen LogP contribution is -2.38.